The van der Waals surface area contributed by atoms with Crippen molar-refractivity contribution >= 4 is 5.97 Å². The molecule has 3 nitrogen and oxygen atoms in total. The number of aliphatic carboxylic acids is 1. The molecule has 0 aromatic heterocycles. The molecule has 0 radical (unpaired) electrons. The van der Waals surface area contributed by atoms with Crippen LogP contribution in [-0.4, -0.2) is 24.2 Å². The standard InChI is InChI=1S/C10H21NO2/c1-9(2)6-8-11-7-4-3-5-10(12)13/h9,11H,3-8H2,1-2H3,(H,12,13). The molecular formula is C10H21NO2. The van der Waals surface area contributed by atoms with Crippen molar-refractivity contribution in [2.75, 3.05) is 13.1 Å². The van der Waals surface area contributed by atoms with E-state index in [9.17, 15) is 4.79 Å². The Kier molecular flexibility index (Phi) is 7.69. The van der Waals surface area contributed by atoms with Gasteiger partial charge in [-0.1, -0.05) is 13.8 Å². The van der Waals surface area contributed by atoms with Crippen molar-refractivity contribution in [3.8, 4) is 0 Å². The van der Waals surface area contributed by atoms with Gasteiger partial charge in [-0.2, -0.15) is 0 Å². The second-order valence-corrected chi connectivity index (χ2v) is 3.78. The monoisotopic (exact) mass is 187 g/mol. The summed E-state index contributed by atoms with van der Waals surface area (Å²) in [6, 6.07) is 0. The van der Waals surface area contributed by atoms with Crippen LogP contribution in [0.5, 0.6) is 0 Å². The lowest BCUT2D eigenvalue weighted by molar-refractivity contribution is -0.137. The summed E-state index contributed by atoms with van der Waals surface area (Å²) in [6.45, 7) is 6.39. The maximum atomic E-state index is 10.2. The van der Waals surface area contributed by atoms with Crippen molar-refractivity contribution in [3.63, 3.8) is 0 Å². The normalized spacial score (nSPS) is 10.7. The molecule has 0 unspecified atom stereocenters. The van der Waals surface area contributed by atoms with E-state index in [2.05, 4.69) is 19.2 Å². The average Bonchev–Trinajstić information content (AvgIpc) is 2.01. The Hall–Kier alpha value is -0.570. The van der Waals surface area contributed by atoms with E-state index in [1.165, 1.54) is 6.42 Å². The largest absolute Gasteiger partial charge is 0.481 e. The van der Waals surface area contributed by atoms with Gasteiger partial charge in [-0.15, -0.1) is 0 Å². The van der Waals surface area contributed by atoms with E-state index in [4.69, 9.17) is 5.11 Å². The lowest BCUT2D eigenvalue weighted by Gasteiger charge is -2.05. The van der Waals surface area contributed by atoms with Crippen LogP contribution in [0.15, 0.2) is 0 Å². The van der Waals surface area contributed by atoms with Crippen LogP contribution in [-0.2, 0) is 4.79 Å². The van der Waals surface area contributed by atoms with Gasteiger partial charge in [0.15, 0.2) is 0 Å². The van der Waals surface area contributed by atoms with Crippen molar-refractivity contribution < 1.29 is 9.90 Å². The van der Waals surface area contributed by atoms with E-state index in [0.29, 0.717) is 6.42 Å². The molecule has 0 saturated carbocycles. The van der Waals surface area contributed by atoms with Crippen LogP contribution in [0.3, 0.4) is 0 Å². The topological polar surface area (TPSA) is 49.3 Å². The zero-order chi connectivity index (χ0) is 10.1. The summed E-state index contributed by atoms with van der Waals surface area (Å²) in [4.78, 5) is 10.2. The molecule has 0 fully saturated rings. The Morgan fingerprint density at radius 3 is 2.54 bits per heavy atom. The molecule has 0 spiro atoms. The minimum atomic E-state index is -0.692. The third-order valence-corrected chi connectivity index (χ3v) is 1.89. The number of carboxylic acids is 1. The van der Waals surface area contributed by atoms with Crippen LogP contribution in [0, 0.1) is 5.92 Å². The molecule has 0 aromatic rings. The summed E-state index contributed by atoms with van der Waals surface area (Å²) in [5.41, 5.74) is 0. The van der Waals surface area contributed by atoms with Gasteiger partial charge in [0, 0.05) is 6.42 Å². The van der Waals surface area contributed by atoms with Crippen LogP contribution in [0.1, 0.15) is 39.5 Å². The number of unbranched alkanes of at least 4 members (excludes halogenated alkanes) is 1. The SMILES string of the molecule is CC(C)CCNCCCCC(=O)O. The van der Waals surface area contributed by atoms with Gasteiger partial charge in [0.25, 0.3) is 0 Å². The van der Waals surface area contributed by atoms with Crippen molar-refractivity contribution in [3.05, 3.63) is 0 Å². The molecule has 2 N–H and O–H groups in total. The van der Waals surface area contributed by atoms with Crippen molar-refractivity contribution in [1.82, 2.24) is 5.32 Å². The first kappa shape index (κ1) is 12.4. The summed E-state index contributed by atoms with van der Waals surface area (Å²) in [5.74, 6) is 0.0497. The Balaban J connectivity index is 2.96. The van der Waals surface area contributed by atoms with E-state index in [0.717, 1.165) is 31.8 Å². The van der Waals surface area contributed by atoms with Gasteiger partial charge >= 0.3 is 5.97 Å². The van der Waals surface area contributed by atoms with Gasteiger partial charge in [0.1, 0.15) is 0 Å². The molecule has 78 valence electrons. The summed E-state index contributed by atoms with van der Waals surface area (Å²) < 4.78 is 0. The number of hydrogen-bond donors (Lipinski definition) is 2. The molecule has 0 saturated heterocycles. The Morgan fingerprint density at radius 1 is 1.31 bits per heavy atom. The highest BCUT2D eigenvalue weighted by atomic mass is 16.4. The molecule has 0 atom stereocenters. The van der Waals surface area contributed by atoms with E-state index >= 15 is 0 Å². The third-order valence-electron chi connectivity index (χ3n) is 1.89. The van der Waals surface area contributed by atoms with Crippen molar-refractivity contribution in [2.45, 2.75) is 39.5 Å². The first-order valence-corrected chi connectivity index (χ1v) is 5.05. The van der Waals surface area contributed by atoms with Gasteiger partial charge in [-0.05, 0) is 38.3 Å². The third kappa shape index (κ3) is 11.4. The summed E-state index contributed by atoms with van der Waals surface area (Å²) in [6.07, 6.45) is 3.24. The second-order valence-electron chi connectivity index (χ2n) is 3.78. The Morgan fingerprint density at radius 2 is 2.00 bits per heavy atom. The highest BCUT2D eigenvalue weighted by molar-refractivity contribution is 5.66. The van der Waals surface area contributed by atoms with Crippen LogP contribution in [0.2, 0.25) is 0 Å². The molecule has 0 bridgehead atoms. The molecule has 0 amide bonds. The highest BCUT2D eigenvalue weighted by Gasteiger charge is 1.96. The van der Waals surface area contributed by atoms with Crippen LogP contribution < -0.4 is 5.32 Å². The summed E-state index contributed by atoms with van der Waals surface area (Å²) in [7, 11) is 0. The zero-order valence-corrected chi connectivity index (χ0v) is 8.68. The maximum Gasteiger partial charge on any atom is 0.303 e. The predicted molar refractivity (Wildman–Crippen MR) is 53.8 cm³/mol. The quantitative estimate of drug-likeness (QED) is 0.570. The minimum Gasteiger partial charge on any atom is -0.481 e. The zero-order valence-electron chi connectivity index (χ0n) is 8.68. The molecule has 0 aliphatic rings. The lowest BCUT2D eigenvalue weighted by atomic mass is 10.1. The molecule has 0 aromatic carbocycles. The minimum absolute atomic E-state index is 0.297. The average molecular weight is 187 g/mol. The van der Waals surface area contributed by atoms with Crippen LogP contribution in [0.4, 0.5) is 0 Å². The van der Waals surface area contributed by atoms with Gasteiger partial charge in [-0.3, -0.25) is 4.79 Å². The Labute approximate surface area is 80.5 Å². The summed E-state index contributed by atoms with van der Waals surface area (Å²) in [5, 5.41) is 11.7. The van der Waals surface area contributed by atoms with Gasteiger partial charge in [0.2, 0.25) is 0 Å². The van der Waals surface area contributed by atoms with Crippen molar-refractivity contribution in [2.24, 2.45) is 5.92 Å². The van der Waals surface area contributed by atoms with Crippen LogP contribution >= 0.6 is 0 Å². The van der Waals surface area contributed by atoms with E-state index < -0.39 is 5.97 Å². The fourth-order valence-corrected chi connectivity index (χ4v) is 1.04. The summed E-state index contributed by atoms with van der Waals surface area (Å²) >= 11 is 0. The molecule has 13 heavy (non-hydrogen) atoms. The number of nitrogens with one attached hydrogen (secondary N) is 1. The van der Waals surface area contributed by atoms with Gasteiger partial charge in [0.05, 0.1) is 0 Å². The number of carboxylic acid groups (broad SMARTS) is 1. The first-order valence-electron chi connectivity index (χ1n) is 5.05. The molecule has 0 aliphatic heterocycles. The number of rotatable bonds is 8. The van der Waals surface area contributed by atoms with E-state index in [-0.39, 0.29) is 0 Å². The molecule has 0 rings (SSSR count). The maximum absolute atomic E-state index is 10.2. The lowest BCUT2D eigenvalue weighted by Crippen LogP contribution is -2.18. The van der Waals surface area contributed by atoms with Crippen molar-refractivity contribution in [1.29, 1.82) is 0 Å². The fraction of sp³-hybridized carbons (Fsp3) is 0.900. The molecule has 0 aliphatic carbocycles. The second kappa shape index (κ2) is 8.05. The molecule has 0 heterocycles. The fourth-order valence-electron chi connectivity index (χ4n) is 1.04. The Bertz CT molecular complexity index is 135. The molecule has 3 heteroatoms. The predicted octanol–water partition coefficient (Wildman–Crippen LogP) is 1.88. The first-order chi connectivity index (χ1) is 6.13. The van der Waals surface area contributed by atoms with E-state index in [1.807, 2.05) is 0 Å². The van der Waals surface area contributed by atoms with Gasteiger partial charge in [-0.25, -0.2) is 0 Å². The van der Waals surface area contributed by atoms with Gasteiger partial charge < -0.3 is 10.4 Å². The number of hydrogen-bond acceptors (Lipinski definition) is 2. The number of carbonyl (C=O) groups is 1. The highest BCUT2D eigenvalue weighted by Crippen LogP contribution is 1.97. The van der Waals surface area contributed by atoms with Crippen LogP contribution in [0.25, 0.3) is 0 Å². The van der Waals surface area contributed by atoms with E-state index in [1.54, 1.807) is 0 Å². The smallest absolute Gasteiger partial charge is 0.303 e. The molecular weight excluding hydrogens is 166 g/mol.